The minimum Gasteiger partial charge on any atom is -0.439 e. The third kappa shape index (κ3) is 10.8. The summed E-state index contributed by atoms with van der Waals surface area (Å²) in [6.45, 7) is 7.17. The standard InChI is InChI=1S/C36H47N5O9/c1-20-15-25-30(39-13-14-40-35(46)24-10-8-12-38-19-24)27(42)18-26(32(25)44)41-34(45)21(2)9-7-11-28(48-5)33(50-36(37)47)23(4)17-22(3)31(43)29(16-20)49-6/h7-12,17-20,22,28-29,31,33,39,43H,13-16H2,1-6H3,(H2,37,47)(H,40,46)(H,41,45)/b11-7-,21-9+,23-17+/t20-,22+,28+,29+,31-,33?/m1/s1. The van der Waals surface area contributed by atoms with Crippen LogP contribution in [-0.4, -0.2) is 91.3 Å². The minimum atomic E-state index is -1.02. The van der Waals surface area contributed by atoms with Crippen LogP contribution in [0.25, 0.3) is 0 Å². The molecule has 2 heterocycles. The average molecular weight is 694 g/mol. The molecular formula is C36H47N5O9. The zero-order valence-corrected chi connectivity index (χ0v) is 29.2. The molecule has 0 fully saturated rings. The first-order valence-electron chi connectivity index (χ1n) is 16.3. The largest absolute Gasteiger partial charge is 0.439 e. The SMILES string of the molecule is CO[C@H]1/C=C\C=C(/C)C(=O)NC2=CC(=O)C(NCCNC(=O)c3cccnc3)=C(C[C@@H](C)C[C@H](OC)[C@H](O)[C@@H](C)/C=C(\C)C1OC(N)=O)C2=O. The van der Waals surface area contributed by atoms with Crippen molar-refractivity contribution in [3.63, 3.8) is 0 Å². The molecule has 2 bridgehead atoms. The van der Waals surface area contributed by atoms with Crippen molar-refractivity contribution in [1.29, 1.82) is 0 Å². The van der Waals surface area contributed by atoms with E-state index in [4.69, 9.17) is 19.9 Å². The van der Waals surface area contributed by atoms with Gasteiger partial charge in [0.05, 0.1) is 29.2 Å². The number of nitrogens with two attached hydrogens (primary N) is 1. The number of primary amides is 1. The quantitative estimate of drug-likeness (QED) is 0.151. The second kappa shape index (κ2) is 18.7. The summed E-state index contributed by atoms with van der Waals surface area (Å²) in [7, 11) is 2.89. The van der Waals surface area contributed by atoms with Gasteiger partial charge in [-0.1, -0.05) is 38.2 Å². The van der Waals surface area contributed by atoms with Crippen LogP contribution >= 0.6 is 0 Å². The first-order chi connectivity index (χ1) is 23.8. The minimum absolute atomic E-state index is 0.0594. The summed E-state index contributed by atoms with van der Waals surface area (Å²) < 4.78 is 16.6. The smallest absolute Gasteiger partial charge is 0.405 e. The van der Waals surface area contributed by atoms with Gasteiger partial charge in [-0.2, -0.15) is 0 Å². The summed E-state index contributed by atoms with van der Waals surface area (Å²) in [5.74, 6) is -2.79. The van der Waals surface area contributed by atoms with Crippen LogP contribution in [0.15, 0.2) is 83.0 Å². The predicted molar refractivity (Wildman–Crippen MR) is 184 cm³/mol. The van der Waals surface area contributed by atoms with Crippen molar-refractivity contribution in [2.75, 3.05) is 27.3 Å². The molecule has 2 aliphatic rings. The molecule has 1 aliphatic carbocycles. The highest BCUT2D eigenvalue weighted by molar-refractivity contribution is 6.23. The Hall–Kier alpha value is -4.92. The molecule has 0 radical (unpaired) electrons. The number of rotatable bonds is 8. The molecule has 0 spiro atoms. The molecule has 1 aromatic heterocycles. The number of carbonyl (C=O) groups is 5. The van der Waals surface area contributed by atoms with Crippen molar-refractivity contribution >= 4 is 29.5 Å². The van der Waals surface area contributed by atoms with E-state index in [1.165, 1.54) is 39.5 Å². The Bertz CT molecular complexity index is 1580. The number of Topliss-reactive ketones (excluding diaryl/α,β-unsaturated/α-hetero) is 1. The van der Waals surface area contributed by atoms with Gasteiger partial charge in [0.25, 0.3) is 11.8 Å². The van der Waals surface area contributed by atoms with Gasteiger partial charge in [0.2, 0.25) is 11.6 Å². The molecule has 1 unspecified atom stereocenters. The highest BCUT2D eigenvalue weighted by atomic mass is 16.6. The van der Waals surface area contributed by atoms with E-state index in [9.17, 15) is 29.1 Å². The molecule has 6 atom stereocenters. The topological polar surface area (TPSA) is 208 Å². The Morgan fingerprint density at radius 2 is 1.86 bits per heavy atom. The summed E-state index contributed by atoms with van der Waals surface area (Å²) >= 11 is 0. The molecule has 270 valence electrons. The second-order valence-electron chi connectivity index (χ2n) is 12.4. The Morgan fingerprint density at radius 3 is 2.50 bits per heavy atom. The Balaban J connectivity index is 1.97. The van der Waals surface area contributed by atoms with E-state index in [1.807, 2.05) is 6.92 Å². The Labute approximate surface area is 291 Å². The number of pyridine rings is 1. The number of hydrogen-bond acceptors (Lipinski definition) is 11. The molecule has 14 heteroatoms. The van der Waals surface area contributed by atoms with Crippen LogP contribution in [-0.2, 0) is 28.6 Å². The molecule has 1 aromatic rings. The lowest BCUT2D eigenvalue weighted by atomic mass is 9.85. The number of ether oxygens (including phenoxy) is 3. The number of aromatic nitrogens is 1. The molecule has 0 saturated carbocycles. The van der Waals surface area contributed by atoms with Crippen LogP contribution in [0, 0.1) is 11.8 Å². The van der Waals surface area contributed by atoms with E-state index in [0.29, 0.717) is 17.6 Å². The first-order valence-corrected chi connectivity index (χ1v) is 16.3. The average Bonchev–Trinajstić information content (AvgIpc) is 3.08. The van der Waals surface area contributed by atoms with Crippen LogP contribution in [0.2, 0.25) is 0 Å². The third-order valence-corrected chi connectivity index (χ3v) is 8.43. The van der Waals surface area contributed by atoms with E-state index < -0.39 is 53.9 Å². The molecule has 3 amide bonds. The normalized spacial score (nSPS) is 28.3. The third-order valence-electron chi connectivity index (χ3n) is 8.43. The number of fused-ring (bicyclic) bond motifs is 2. The number of nitrogens with one attached hydrogen (secondary N) is 3. The number of nitrogens with zero attached hydrogens (tertiary/aromatic N) is 1. The van der Waals surface area contributed by atoms with Gasteiger partial charge in [0.1, 0.15) is 6.10 Å². The summed E-state index contributed by atoms with van der Waals surface area (Å²) in [6.07, 6.45) is 6.34. The number of methoxy groups -OCH3 is 2. The lowest BCUT2D eigenvalue weighted by Crippen LogP contribution is -2.39. The van der Waals surface area contributed by atoms with Gasteiger partial charge in [-0.15, -0.1) is 0 Å². The van der Waals surface area contributed by atoms with Crippen molar-refractivity contribution in [2.24, 2.45) is 17.6 Å². The van der Waals surface area contributed by atoms with Gasteiger partial charge in [-0.25, -0.2) is 4.79 Å². The van der Waals surface area contributed by atoms with Gasteiger partial charge in [-0.05, 0) is 50.3 Å². The molecular weight excluding hydrogens is 646 g/mol. The van der Waals surface area contributed by atoms with Crippen molar-refractivity contribution in [3.05, 3.63) is 88.6 Å². The van der Waals surface area contributed by atoms with Gasteiger partial charge < -0.3 is 41.0 Å². The van der Waals surface area contributed by atoms with Crippen LogP contribution in [0.1, 0.15) is 50.9 Å². The number of aliphatic hydroxyl groups excluding tert-OH is 1. The zero-order chi connectivity index (χ0) is 37.0. The summed E-state index contributed by atoms with van der Waals surface area (Å²) in [6, 6.07) is 3.26. The summed E-state index contributed by atoms with van der Waals surface area (Å²) in [5, 5.41) is 19.7. The van der Waals surface area contributed by atoms with Crippen LogP contribution in [0.3, 0.4) is 0 Å². The maximum absolute atomic E-state index is 13.9. The predicted octanol–water partition coefficient (Wildman–Crippen LogP) is 2.18. The van der Waals surface area contributed by atoms with E-state index in [0.717, 1.165) is 6.08 Å². The molecule has 0 saturated heterocycles. The monoisotopic (exact) mass is 693 g/mol. The highest BCUT2D eigenvalue weighted by Gasteiger charge is 2.33. The van der Waals surface area contributed by atoms with E-state index in [2.05, 4.69) is 20.9 Å². The zero-order valence-electron chi connectivity index (χ0n) is 29.2. The maximum atomic E-state index is 13.9. The summed E-state index contributed by atoms with van der Waals surface area (Å²) in [5.41, 5.74) is 6.54. The van der Waals surface area contributed by atoms with Crippen LogP contribution in [0.4, 0.5) is 4.79 Å². The lowest BCUT2D eigenvalue weighted by molar-refractivity contribution is -0.120. The van der Waals surface area contributed by atoms with Crippen molar-refractivity contribution < 1.29 is 43.3 Å². The second-order valence-corrected chi connectivity index (χ2v) is 12.4. The number of carbonyl (C=O) groups excluding carboxylic acids is 5. The number of hydrogen-bond donors (Lipinski definition) is 5. The van der Waals surface area contributed by atoms with E-state index in [-0.39, 0.29) is 53.9 Å². The Kier molecular flexibility index (Phi) is 14.8. The molecule has 0 aromatic carbocycles. The first kappa shape index (κ1) is 39.5. The van der Waals surface area contributed by atoms with Gasteiger partial charge in [0, 0.05) is 62.8 Å². The van der Waals surface area contributed by atoms with E-state index in [1.54, 1.807) is 44.3 Å². The van der Waals surface area contributed by atoms with Crippen molar-refractivity contribution in [2.45, 2.75) is 65.0 Å². The van der Waals surface area contributed by atoms with Gasteiger partial charge >= 0.3 is 6.09 Å². The van der Waals surface area contributed by atoms with Gasteiger partial charge in [0.15, 0.2) is 6.10 Å². The number of amides is 3. The number of aliphatic hydroxyl groups is 1. The lowest BCUT2D eigenvalue weighted by Gasteiger charge is -2.30. The van der Waals surface area contributed by atoms with E-state index >= 15 is 0 Å². The van der Waals surface area contributed by atoms with Crippen LogP contribution in [0.5, 0.6) is 0 Å². The number of ketones is 2. The fourth-order valence-electron chi connectivity index (χ4n) is 5.74. The molecule has 14 nitrogen and oxygen atoms in total. The highest BCUT2D eigenvalue weighted by Crippen LogP contribution is 2.28. The molecule has 6 N–H and O–H groups in total. The van der Waals surface area contributed by atoms with Crippen molar-refractivity contribution in [3.8, 4) is 0 Å². The molecule has 3 rings (SSSR count). The Morgan fingerprint density at radius 1 is 1.12 bits per heavy atom. The summed E-state index contributed by atoms with van der Waals surface area (Å²) in [4.78, 5) is 68.6. The molecule has 50 heavy (non-hydrogen) atoms. The van der Waals surface area contributed by atoms with Crippen LogP contribution < -0.4 is 21.7 Å². The van der Waals surface area contributed by atoms with Crippen molar-refractivity contribution in [1.82, 2.24) is 20.9 Å². The number of allylic oxidation sites excluding steroid dienone is 4. The maximum Gasteiger partial charge on any atom is 0.405 e. The molecule has 1 aliphatic heterocycles. The fraction of sp³-hybridized carbons (Fsp3) is 0.444. The van der Waals surface area contributed by atoms with Gasteiger partial charge in [-0.3, -0.25) is 24.2 Å². The fourth-order valence-corrected chi connectivity index (χ4v) is 5.74.